The smallest absolute Gasteiger partial charge is 0.244 e. The predicted octanol–water partition coefficient (Wildman–Crippen LogP) is 3.47. The highest BCUT2D eigenvalue weighted by atomic mass is 16.5. The molecule has 0 unspecified atom stereocenters. The van der Waals surface area contributed by atoms with Crippen LogP contribution in [0.2, 0.25) is 0 Å². The van der Waals surface area contributed by atoms with Crippen molar-refractivity contribution in [2.45, 2.75) is 12.8 Å². The zero-order valence-electron chi connectivity index (χ0n) is 15.5. The molecule has 26 heavy (non-hydrogen) atoms. The first-order valence-electron chi connectivity index (χ1n) is 8.48. The standard InChI is InChI=1S/C21H25NO4/c1-24-18-13-11-17(20(25-2)21(18)26-3)12-14-19(23)22-15-7-10-16-8-5-4-6-9-16/h4-6,8-9,11-14H,7,10,15H2,1-3H3,(H,22,23)/b14-12+. The van der Waals surface area contributed by atoms with Crippen LogP contribution in [0.1, 0.15) is 17.5 Å². The Balaban J connectivity index is 1.91. The van der Waals surface area contributed by atoms with Crippen LogP contribution in [0.5, 0.6) is 17.2 Å². The zero-order valence-corrected chi connectivity index (χ0v) is 15.5. The molecular formula is C21H25NO4. The maximum absolute atomic E-state index is 12.0. The molecule has 0 heterocycles. The molecule has 0 aliphatic heterocycles. The number of rotatable bonds is 9. The van der Waals surface area contributed by atoms with Gasteiger partial charge in [0.15, 0.2) is 11.5 Å². The van der Waals surface area contributed by atoms with Crippen molar-refractivity contribution in [2.24, 2.45) is 0 Å². The van der Waals surface area contributed by atoms with Crippen LogP contribution in [0.4, 0.5) is 0 Å². The van der Waals surface area contributed by atoms with Crippen LogP contribution < -0.4 is 19.5 Å². The Morgan fingerprint density at radius 3 is 2.35 bits per heavy atom. The second-order valence-corrected chi connectivity index (χ2v) is 5.64. The van der Waals surface area contributed by atoms with E-state index in [9.17, 15) is 4.79 Å². The first-order valence-corrected chi connectivity index (χ1v) is 8.48. The quantitative estimate of drug-likeness (QED) is 0.553. The molecule has 0 saturated carbocycles. The molecule has 2 aromatic rings. The average Bonchev–Trinajstić information content (AvgIpc) is 2.69. The fourth-order valence-electron chi connectivity index (χ4n) is 2.63. The summed E-state index contributed by atoms with van der Waals surface area (Å²) >= 11 is 0. The summed E-state index contributed by atoms with van der Waals surface area (Å²) in [5, 5.41) is 2.89. The molecule has 0 bridgehead atoms. The maximum Gasteiger partial charge on any atom is 0.244 e. The molecule has 0 aromatic heterocycles. The van der Waals surface area contributed by atoms with E-state index in [1.807, 2.05) is 24.3 Å². The average molecular weight is 355 g/mol. The predicted molar refractivity (Wildman–Crippen MR) is 103 cm³/mol. The summed E-state index contributed by atoms with van der Waals surface area (Å²) in [5.74, 6) is 1.46. The summed E-state index contributed by atoms with van der Waals surface area (Å²) in [5.41, 5.74) is 2.01. The number of ether oxygens (including phenoxy) is 3. The fourth-order valence-corrected chi connectivity index (χ4v) is 2.63. The minimum absolute atomic E-state index is 0.144. The van der Waals surface area contributed by atoms with Crippen LogP contribution in [0.15, 0.2) is 48.5 Å². The van der Waals surface area contributed by atoms with Crippen molar-refractivity contribution in [1.29, 1.82) is 0 Å². The molecule has 0 spiro atoms. The van der Waals surface area contributed by atoms with Gasteiger partial charge < -0.3 is 19.5 Å². The van der Waals surface area contributed by atoms with Gasteiger partial charge in [-0.3, -0.25) is 4.79 Å². The van der Waals surface area contributed by atoms with Crippen molar-refractivity contribution in [3.05, 3.63) is 59.7 Å². The van der Waals surface area contributed by atoms with Gasteiger partial charge >= 0.3 is 0 Å². The summed E-state index contributed by atoms with van der Waals surface area (Å²) in [4.78, 5) is 12.0. The number of aryl methyl sites for hydroxylation is 1. The Morgan fingerprint density at radius 1 is 0.962 bits per heavy atom. The highest BCUT2D eigenvalue weighted by molar-refractivity contribution is 5.92. The minimum Gasteiger partial charge on any atom is -0.493 e. The van der Waals surface area contributed by atoms with Crippen LogP contribution in [0.25, 0.3) is 6.08 Å². The van der Waals surface area contributed by atoms with E-state index >= 15 is 0 Å². The van der Waals surface area contributed by atoms with Gasteiger partial charge in [-0.05, 0) is 36.6 Å². The molecule has 1 N–H and O–H groups in total. The fraction of sp³-hybridized carbons (Fsp3) is 0.286. The number of methoxy groups -OCH3 is 3. The van der Waals surface area contributed by atoms with E-state index < -0.39 is 0 Å². The molecule has 0 fully saturated rings. The largest absolute Gasteiger partial charge is 0.493 e. The topological polar surface area (TPSA) is 56.8 Å². The monoisotopic (exact) mass is 355 g/mol. The molecule has 2 aromatic carbocycles. The lowest BCUT2D eigenvalue weighted by molar-refractivity contribution is -0.116. The first kappa shape index (κ1) is 19.4. The second-order valence-electron chi connectivity index (χ2n) is 5.64. The van der Waals surface area contributed by atoms with Gasteiger partial charge in [0.05, 0.1) is 21.3 Å². The van der Waals surface area contributed by atoms with Gasteiger partial charge in [0, 0.05) is 18.2 Å². The molecular weight excluding hydrogens is 330 g/mol. The summed E-state index contributed by atoms with van der Waals surface area (Å²) in [6.07, 6.45) is 5.03. The van der Waals surface area contributed by atoms with Crippen LogP contribution in [0.3, 0.4) is 0 Å². The molecule has 0 aliphatic carbocycles. The van der Waals surface area contributed by atoms with E-state index in [-0.39, 0.29) is 5.91 Å². The number of hydrogen-bond donors (Lipinski definition) is 1. The van der Waals surface area contributed by atoms with Crippen molar-refractivity contribution in [2.75, 3.05) is 27.9 Å². The number of carbonyl (C=O) groups is 1. The molecule has 0 saturated heterocycles. The van der Waals surface area contributed by atoms with Crippen LogP contribution >= 0.6 is 0 Å². The molecule has 5 nitrogen and oxygen atoms in total. The van der Waals surface area contributed by atoms with Crippen LogP contribution in [0, 0.1) is 0 Å². The Hall–Kier alpha value is -2.95. The van der Waals surface area contributed by atoms with Crippen LogP contribution in [-0.2, 0) is 11.2 Å². The lowest BCUT2D eigenvalue weighted by Crippen LogP contribution is -2.22. The van der Waals surface area contributed by atoms with E-state index in [0.717, 1.165) is 18.4 Å². The molecule has 138 valence electrons. The van der Waals surface area contributed by atoms with Crippen molar-refractivity contribution in [3.8, 4) is 17.2 Å². The van der Waals surface area contributed by atoms with Crippen molar-refractivity contribution in [1.82, 2.24) is 5.32 Å². The molecule has 0 radical (unpaired) electrons. The van der Waals surface area contributed by atoms with Gasteiger partial charge in [-0.15, -0.1) is 0 Å². The van der Waals surface area contributed by atoms with Crippen molar-refractivity contribution < 1.29 is 19.0 Å². The highest BCUT2D eigenvalue weighted by Gasteiger charge is 2.14. The molecule has 1 amide bonds. The summed E-state index contributed by atoms with van der Waals surface area (Å²) < 4.78 is 16.0. The molecule has 2 rings (SSSR count). The normalized spacial score (nSPS) is 10.6. The number of nitrogens with one attached hydrogen (secondary N) is 1. The first-order chi connectivity index (χ1) is 12.7. The summed E-state index contributed by atoms with van der Waals surface area (Å²) in [6.45, 7) is 0.626. The third-order valence-corrected chi connectivity index (χ3v) is 3.93. The third-order valence-electron chi connectivity index (χ3n) is 3.93. The van der Waals surface area contributed by atoms with Gasteiger partial charge in [0.1, 0.15) is 0 Å². The molecule has 5 heteroatoms. The highest BCUT2D eigenvalue weighted by Crippen LogP contribution is 2.40. The minimum atomic E-state index is -0.144. The van der Waals surface area contributed by atoms with Crippen molar-refractivity contribution >= 4 is 12.0 Å². The van der Waals surface area contributed by atoms with Gasteiger partial charge in [0.25, 0.3) is 0 Å². The summed E-state index contributed by atoms with van der Waals surface area (Å²) in [7, 11) is 4.67. The lowest BCUT2D eigenvalue weighted by Gasteiger charge is -2.13. The van der Waals surface area contributed by atoms with E-state index in [2.05, 4.69) is 17.4 Å². The van der Waals surface area contributed by atoms with E-state index in [0.29, 0.717) is 23.8 Å². The van der Waals surface area contributed by atoms with E-state index in [4.69, 9.17) is 14.2 Å². The van der Waals surface area contributed by atoms with E-state index in [1.54, 1.807) is 33.5 Å². The SMILES string of the molecule is COc1ccc(/C=C/C(=O)NCCCc2ccccc2)c(OC)c1OC. The van der Waals surface area contributed by atoms with Gasteiger partial charge in [0.2, 0.25) is 11.7 Å². The molecule has 0 aliphatic rings. The number of amides is 1. The van der Waals surface area contributed by atoms with Gasteiger partial charge in [-0.25, -0.2) is 0 Å². The summed E-state index contributed by atoms with van der Waals surface area (Å²) in [6, 6.07) is 13.8. The molecule has 0 atom stereocenters. The number of hydrogen-bond acceptors (Lipinski definition) is 4. The zero-order chi connectivity index (χ0) is 18.8. The van der Waals surface area contributed by atoms with E-state index in [1.165, 1.54) is 11.6 Å². The van der Waals surface area contributed by atoms with Gasteiger partial charge in [-0.1, -0.05) is 30.3 Å². The van der Waals surface area contributed by atoms with Crippen molar-refractivity contribution in [3.63, 3.8) is 0 Å². The Bertz CT molecular complexity index is 741. The second kappa shape index (κ2) is 10.1. The Kier molecular flexibility index (Phi) is 7.55. The van der Waals surface area contributed by atoms with Crippen LogP contribution in [-0.4, -0.2) is 33.8 Å². The maximum atomic E-state index is 12.0. The Labute approximate surface area is 154 Å². The lowest BCUT2D eigenvalue weighted by atomic mass is 10.1. The van der Waals surface area contributed by atoms with Gasteiger partial charge in [-0.2, -0.15) is 0 Å². The number of benzene rings is 2. The Morgan fingerprint density at radius 2 is 1.69 bits per heavy atom. The third kappa shape index (κ3) is 5.28. The number of carbonyl (C=O) groups excluding carboxylic acids is 1.